The van der Waals surface area contributed by atoms with Crippen LogP contribution >= 0.6 is 23.1 Å². The monoisotopic (exact) mass is 414 g/mol. The minimum atomic E-state index is -0.325. The Morgan fingerprint density at radius 2 is 1.75 bits per heavy atom. The predicted octanol–water partition coefficient (Wildman–Crippen LogP) is 3.59. The quantitative estimate of drug-likeness (QED) is 0.432. The smallest absolute Gasteiger partial charge is 0.264 e. The van der Waals surface area contributed by atoms with Gasteiger partial charge in [-0.1, -0.05) is 59.5 Å². The number of thioether (sulfide) groups is 1. The maximum absolute atomic E-state index is 12.1. The maximum Gasteiger partial charge on any atom is 0.264 e. The summed E-state index contributed by atoms with van der Waals surface area (Å²) < 4.78 is 5.97. The molecular weight excluding hydrogens is 396 g/mol. The lowest BCUT2D eigenvalue weighted by Crippen LogP contribution is -2.20. The summed E-state index contributed by atoms with van der Waals surface area (Å²) in [5, 5.41) is 13.8. The Labute approximate surface area is 170 Å². The van der Waals surface area contributed by atoms with Crippen LogP contribution in [0.15, 0.2) is 58.9 Å². The van der Waals surface area contributed by atoms with E-state index in [9.17, 15) is 9.59 Å². The molecule has 9 heteroatoms. The minimum Gasteiger partial charge on any atom is -0.484 e. The van der Waals surface area contributed by atoms with Crippen LogP contribution in [0.3, 0.4) is 0 Å². The van der Waals surface area contributed by atoms with Crippen LogP contribution in [-0.4, -0.2) is 34.4 Å². The number of hydrogen-bond donors (Lipinski definition) is 2. The predicted molar refractivity (Wildman–Crippen MR) is 111 cm³/mol. The summed E-state index contributed by atoms with van der Waals surface area (Å²) in [6.45, 7) is 1.81. The molecule has 3 aromatic rings. The van der Waals surface area contributed by atoms with Gasteiger partial charge in [0, 0.05) is 5.69 Å². The number of benzene rings is 2. The van der Waals surface area contributed by atoms with Gasteiger partial charge in [-0.3, -0.25) is 14.9 Å². The van der Waals surface area contributed by atoms with Crippen LogP contribution in [0.2, 0.25) is 0 Å². The first-order valence-corrected chi connectivity index (χ1v) is 10.2. The highest BCUT2D eigenvalue weighted by Gasteiger charge is 2.11. The van der Waals surface area contributed by atoms with Crippen molar-refractivity contribution in [1.29, 1.82) is 0 Å². The number of para-hydroxylation sites is 2. The standard InChI is InChI=1S/C19H18N4O3S2/c1-13-7-5-6-10-15(13)20-17(25)12-27-19-23-22-18(28-19)21-16(24)11-26-14-8-3-2-4-9-14/h2-10H,11-12H2,1H3,(H,20,25)(H,21,22,24). The molecule has 0 atom stereocenters. The third-order valence-corrected chi connectivity index (χ3v) is 5.48. The largest absolute Gasteiger partial charge is 0.484 e. The second-order valence-corrected chi connectivity index (χ2v) is 7.87. The van der Waals surface area contributed by atoms with Gasteiger partial charge in [-0.15, -0.1) is 10.2 Å². The number of nitrogens with one attached hydrogen (secondary N) is 2. The lowest BCUT2D eigenvalue weighted by Gasteiger charge is -2.06. The summed E-state index contributed by atoms with van der Waals surface area (Å²) >= 11 is 2.47. The Morgan fingerprint density at radius 3 is 2.54 bits per heavy atom. The van der Waals surface area contributed by atoms with Crippen LogP contribution in [0.1, 0.15) is 5.56 Å². The fraction of sp³-hybridized carbons (Fsp3) is 0.158. The Balaban J connectivity index is 1.43. The van der Waals surface area contributed by atoms with Gasteiger partial charge in [0.2, 0.25) is 11.0 Å². The molecular formula is C19H18N4O3S2. The van der Waals surface area contributed by atoms with E-state index in [1.54, 1.807) is 12.1 Å². The first kappa shape index (κ1) is 19.8. The third kappa shape index (κ3) is 6.07. The molecule has 0 spiro atoms. The number of aromatic nitrogens is 2. The highest BCUT2D eigenvalue weighted by Crippen LogP contribution is 2.25. The van der Waals surface area contributed by atoms with Gasteiger partial charge >= 0.3 is 0 Å². The SMILES string of the molecule is Cc1ccccc1NC(=O)CSc1nnc(NC(=O)COc2ccccc2)s1. The molecule has 28 heavy (non-hydrogen) atoms. The summed E-state index contributed by atoms with van der Waals surface area (Å²) in [6.07, 6.45) is 0. The van der Waals surface area contributed by atoms with E-state index in [0.29, 0.717) is 15.2 Å². The van der Waals surface area contributed by atoms with E-state index in [1.165, 1.54) is 23.1 Å². The van der Waals surface area contributed by atoms with Crippen LogP contribution in [0.25, 0.3) is 0 Å². The molecule has 1 heterocycles. The van der Waals surface area contributed by atoms with Crippen molar-refractivity contribution in [2.45, 2.75) is 11.3 Å². The number of ether oxygens (including phenoxy) is 1. The van der Waals surface area contributed by atoms with Crippen molar-refractivity contribution in [3.63, 3.8) is 0 Å². The van der Waals surface area contributed by atoms with Crippen LogP contribution in [0.5, 0.6) is 5.75 Å². The second-order valence-electron chi connectivity index (χ2n) is 5.67. The third-order valence-electron chi connectivity index (χ3n) is 3.51. The highest BCUT2D eigenvalue weighted by molar-refractivity contribution is 8.01. The second kappa shape index (κ2) is 9.86. The minimum absolute atomic E-state index is 0.120. The van der Waals surface area contributed by atoms with Crippen molar-refractivity contribution in [1.82, 2.24) is 10.2 Å². The van der Waals surface area contributed by atoms with E-state index >= 15 is 0 Å². The first-order valence-electron chi connectivity index (χ1n) is 8.39. The molecule has 2 amide bonds. The topological polar surface area (TPSA) is 93.2 Å². The number of amides is 2. The number of carbonyl (C=O) groups excluding carboxylic acids is 2. The molecule has 7 nitrogen and oxygen atoms in total. The molecule has 144 valence electrons. The van der Waals surface area contributed by atoms with Gasteiger partial charge in [-0.05, 0) is 30.7 Å². The molecule has 0 unspecified atom stereocenters. The van der Waals surface area contributed by atoms with Gasteiger partial charge in [0.1, 0.15) is 5.75 Å². The van der Waals surface area contributed by atoms with Crippen LogP contribution in [0.4, 0.5) is 10.8 Å². The maximum atomic E-state index is 12.1. The average Bonchev–Trinajstić information content (AvgIpc) is 3.15. The van der Waals surface area contributed by atoms with Crippen molar-refractivity contribution < 1.29 is 14.3 Å². The van der Waals surface area contributed by atoms with E-state index in [4.69, 9.17) is 4.74 Å². The van der Waals surface area contributed by atoms with Crippen molar-refractivity contribution in [3.05, 3.63) is 60.2 Å². The zero-order valence-electron chi connectivity index (χ0n) is 15.0. The number of rotatable bonds is 8. The molecule has 2 aromatic carbocycles. The normalized spacial score (nSPS) is 10.3. The number of anilines is 2. The molecule has 3 rings (SSSR count). The molecule has 0 aliphatic heterocycles. The van der Waals surface area contributed by atoms with Crippen LogP contribution < -0.4 is 15.4 Å². The Bertz CT molecular complexity index is 947. The van der Waals surface area contributed by atoms with Gasteiger partial charge in [-0.25, -0.2) is 0 Å². The summed E-state index contributed by atoms with van der Waals surface area (Å²) in [7, 11) is 0. The summed E-state index contributed by atoms with van der Waals surface area (Å²) in [5.74, 6) is 0.365. The van der Waals surface area contributed by atoms with E-state index in [2.05, 4.69) is 20.8 Å². The van der Waals surface area contributed by atoms with Gasteiger partial charge < -0.3 is 10.1 Å². The van der Waals surface area contributed by atoms with Gasteiger partial charge in [0.05, 0.1) is 5.75 Å². The number of nitrogens with zero attached hydrogens (tertiary/aromatic N) is 2. The summed E-state index contributed by atoms with van der Waals surface area (Å²) in [6, 6.07) is 16.7. The molecule has 0 bridgehead atoms. The Hall–Kier alpha value is -2.91. The zero-order chi connectivity index (χ0) is 19.8. The molecule has 2 N–H and O–H groups in total. The Morgan fingerprint density at radius 1 is 1.00 bits per heavy atom. The molecule has 0 saturated heterocycles. The lowest BCUT2D eigenvalue weighted by molar-refractivity contribution is -0.118. The molecule has 0 aliphatic carbocycles. The van der Waals surface area contributed by atoms with Gasteiger partial charge in [-0.2, -0.15) is 0 Å². The van der Waals surface area contributed by atoms with Crippen molar-refractivity contribution in [2.75, 3.05) is 23.0 Å². The zero-order valence-corrected chi connectivity index (χ0v) is 16.7. The summed E-state index contributed by atoms with van der Waals surface area (Å²) in [4.78, 5) is 24.0. The summed E-state index contributed by atoms with van der Waals surface area (Å²) in [5.41, 5.74) is 1.79. The van der Waals surface area contributed by atoms with E-state index in [1.807, 2.05) is 49.4 Å². The number of hydrogen-bond acceptors (Lipinski definition) is 7. The van der Waals surface area contributed by atoms with E-state index in [0.717, 1.165) is 11.3 Å². The number of carbonyl (C=O) groups is 2. The fourth-order valence-electron chi connectivity index (χ4n) is 2.17. The van der Waals surface area contributed by atoms with Gasteiger partial charge in [0.15, 0.2) is 10.9 Å². The molecule has 0 saturated carbocycles. The van der Waals surface area contributed by atoms with E-state index in [-0.39, 0.29) is 24.2 Å². The van der Waals surface area contributed by atoms with Crippen molar-refractivity contribution >= 4 is 45.7 Å². The van der Waals surface area contributed by atoms with Crippen LogP contribution in [0, 0.1) is 6.92 Å². The molecule has 0 fully saturated rings. The lowest BCUT2D eigenvalue weighted by atomic mass is 10.2. The first-order chi connectivity index (χ1) is 13.6. The molecule has 0 radical (unpaired) electrons. The molecule has 1 aromatic heterocycles. The van der Waals surface area contributed by atoms with Crippen LogP contribution in [-0.2, 0) is 9.59 Å². The average molecular weight is 415 g/mol. The highest BCUT2D eigenvalue weighted by atomic mass is 32.2. The number of aryl methyl sites for hydroxylation is 1. The fourth-order valence-corrected chi connectivity index (χ4v) is 3.73. The van der Waals surface area contributed by atoms with Crippen molar-refractivity contribution in [3.8, 4) is 5.75 Å². The van der Waals surface area contributed by atoms with Gasteiger partial charge in [0.25, 0.3) is 5.91 Å². The van der Waals surface area contributed by atoms with Crippen molar-refractivity contribution in [2.24, 2.45) is 0 Å². The van der Waals surface area contributed by atoms with E-state index < -0.39 is 0 Å². The Kier molecular flexibility index (Phi) is 6.99. The molecule has 0 aliphatic rings.